The molecular formula is C21H32BN3O4. The Morgan fingerprint density at radius 3 is 2.72 bits per heavy atom. The van der Waals surface area contributed by atoms with Gasteiger partial charge in [0.25, 0.3) is 0 Å². The van der Waals surface area contributed by atoms with Crippen molar-refractivity contribution in [2.45, 2.75) is 57.1 Å². The maximum absolute atomic E-state index is 12.6. The molecule has 0 aromatic heterocycles. The average molecular weight is 401 g/mol. The fourth-order valence-electron chi connectivity index (χ4n) is 5.03. The van der Waals surface area contributed by atoms with Crippen LogP contribution in [0.25, 0.3) is 0 Å². The van der Waals surface area contributed by atoms with Crippen LogP contribution in [0.3, 0.4) is 0 Å². The number of carbonyl (C=O) groups is 1. The summed E-state index contributed by atoms with van der Waals surface area (Å²) in [6.45, 7) is 4.29. The standard InChI is InChI=1S/C21H32BN3O4/c26-14-17-3-1-2-16-13-19(22(28)29-21(16)17)24-20(27)12-15-4-6-18(7-5-15)25-10-8-23-9-11-25/h1-3,15,18-19,23,26,28H,4-14H2,(H,24,27)/t15?,18?,19-/m0/s1. The second kappa shape index (κ2) is 9.47. The van der Waals surface area contributed by atoms with E-state index < -0.39 is 13.1 Å². The Morgan fingerprint density at radius 1 is 1.24 bits per heavy atom. The van der Waals surface area contributed by atoms with Crippen molar-refractivity contribution >= 4 is 13.0 Å². The highest BCUT2D eigenvalue weighted by atomic mass is 16.5. The third-order valence-electron chi connectivity index (χ3n) is 6.68. The molecule has 4 rings (SSSR count). The molecule has 2 fully saturated rings. The summed E-state index contributed by atoms with van der Waals surface area (Å²) in [6, 6.07) is 6.22. The number of para-hydroxylation sites is 1. The fraction of sp³-hybridized carbons (Fsp3) is 0.667. The van der Waals surface area contributed by atoms with Gasteiger partial charge >= 0.3 is 7.12 Å². The molecule has 29 heavy (non-hydrogen) atoms. The summed E-state index contributed by atoms with van der Waals surface area (Å²) >= 11 is 0. The second-order valence-electron chi connectivity index (χ2n) is 8.61. The van der Waals surface area contributed by atoms with Crippen molar-refractivity contribution in [1.29, 1.82) is 0 Å². The molecular weight excluding hydrogens is 369 g/mol. The van der Waals surface area contributed by atoms with Gasteiger partial charge in [-0.2, -0.15) is 0 Å². The lowest BCUT2D eigenvalue weighted by molar-refractivity contribution is -0.122. The van der Waals surface area contributed by atoms with Crippen LogP contribution in [-0.2, 0) is 17.8 Å². The zero-order chi connectivity index (χ0) is 20.2. The number of fused-ring (bicyclic) bond motifs is 1. The van der Waals surface area contributed by atoms with Crippen LogP contribution in [0.4, 0.5) is 0 Å². The molecule has 1 saturated carbocycles. The van der Waals surface area contributed by atoms with Gasteiger partial charge in [0.1, 0.15) is 5.75 Å². The van der Waals surface area contributed by atoms with Gasteiger partial charge in [-0.05, 0) is 43.6 Å². The van der Waals surface area contributed by atoms with E-state index in [1.54, 1.807) is 6.07 Å². The van der Waals surface area contributed by atoms with E-state index in [0.717, 1.165) is 44.6 Å². The lowest BCUT2D eigenvalue weighted by atomic mass is 9.72. The quantitative estimate of drug-likeness (QED) is 0.536. The summed E-state index contributed by atoms with van der Waals surface area (Å²) < 4.78 is 5.61. The summed E-state index contributed by atoms with van der Waals surface area (Å²) in [7, 11) is -1.09. The summed E-state index contributed by atoms with van der Waals surface area (Å²) in [5.74, 6) is 0.495. The molecule has 0 radical (unpaired) electrons. The third-order valence-corrected chi connectivity index (χ3v) is 6.68. The van der Waals surface area contributed by atoms with Crippen LogP contribution in [0, 0.1) is 5.92 Å². The molecule has 4 N–H and O–H groups in total. The van der Waals surface area contributed by atoms with Crippen LogP contribution in [-0.4, -0.2) is 66.2 Å². The zero-order valence-electron chi connectivity index (χ0n) is 17.0. The van der Waals surface area contributed by atoms with E-state index in [1.165, 1.54) is 12.8 Å². The molecule has 2 heterocycles. The molecule has 158 valence electrons. The van der Waals surface area contributed by atoms with Crippen molar-refractivity contribution in [2.24, 2.45) is 5.92 Å². The number of benzene rings is 1. The number of aliphatic hydroxyl groups is 1. The number of amides is 1. The number of hydrogen-bond acceptors (Lipinski definition) is 6. The van der Waals surface area contributed by atoms with Gasteiger partial charge in [-0.3, -0.25) is 9.69 Å². The van der Waals surface area contributed by atoms with E-state index in [4.69, 9.17) is 4.65 Å². The SMILES string of the molecule is O=C(CC1CCC(N2CCNCC2)CC1)N[C@H]1Cc2cccc(CO)c2OB1O. The first kappa shape index (κ1) is 20.7. The van der Waals surface area contributed by atoms with Crippen LogP contribution in [0.2, 0.25) is 0 Å². The Kier molecular flexibility index (Phi) is 6.75. The number of piperazine rings is 1. The van der Waals surface area contributed by atoms with E-state index in [9.17, 15) is 14.9 Å². The van der Waals surface area contributed by atoms with Crippen molar-refractivity contribution in [2.75, 3.05) is 26.2 Å². The molecule has 0 spiro atoms. The number of hydrogen-bond donors (Lipinski definition) is 4. The number of aliphatic hydroxyl groups excluding tert-OH is 1. The Labute approximate surface area is 173 Å². The molecule has 8 heteroatoms. The van der Waals surface area contributed by atoms with E-state index >= 15 is 0 Å². The molecule has 1 aromatic rings. The van der Waals surface area contributed by atoms with Gasteiger partial charge in [0.2, 0.25) is 5.91 Å². The molecule has 1 atom stereocenters. The Bertz CT molecular complexity index is 705. The average Bonchev–Trinajstić information content (AvgIpc) is 2.75. The highest BCUT2D eigenvalue weighted by Gasteiger charge is 2.37. The van der Waals surface area contributed by atoms with Crippen LogP contribution in [0.5, 0.6) is 5.75 Å². The molecule has 1 saturated heterocycles. The summed E-state index contributed by atoms with van der Waals surface area (Å²) in [4.78, 5) is 15.2. The van der Waals surface area contributed by atoms with Gasteiger partial charge in [-0.1, -0.05) is 18.2 Å². The van der Waals surface area contributed by atoms with Gasteiger partial charge in [0.15, 0.2) is 0 Å². The smallest absolute Gasteiger partial charge is 0.534 e. The normalized spacial score (nSPS) is 27.8. The van der Waals surface area contributed by atoms with Gasteiger partial charge in [-0.25, -0.2) is 0 Å². The van der Waals surface area contributed by atoms with Crippen LogP contribution < -0.4 is 15.3 Å². The third kappa shape index (κ3) is 4.94. The number of nitrogens with zero attached hydrogens (tertiary/aromatic N) is 1. The molecule has 1 aromatic carbocycles. The Hall–Kier alpha value is -1.61. The minimum absolute atomic E-state index is 0.00923. The monoisotopic (exact) mass is 401 g/mol. The van der Waals surface area contributed by atoms with Gasteiger partial charge < -0.3 is 25.4 Å². The van der Waals surface area contributed by atoms with Crippen LogP contribution in [0.15, 0.2) is 18.2 Å². The number of nitrogens with one attached hydrogen (secondary N) is 2. The summed E-state index contributed by atoms with van der Waals surface area (Å²) in [5, 5.41) is 26.2. The van der Waals surface area contributed by atoms with Crippen molar-refractivity contribution in [3.63, 3.8) is 0 Å². The van der Waals surface area contributed by atoms with Crippen LogP contribution >= 0.6 is 0 Å². The van der Waals surface area contributed by atoms with E-state index in [1.807, 2.05) is 12.1 Å². The molecule has 2 aliphatic heterocycles. The highest BCUT2D eigenvalue weighted by molar-refractivity contribution is 6.46. The predicted molar refractivity (Wildman–Crippen MR) is 111 cm³/mol. The highest BCUT2D eigenvalue weighted by Crippen LogP contribution is 2.31. The molecule has 7 nitrogen and oxygen atoms in total. The van der Waals surface area contributed by atoms with Crippen molar-refractivity contribution in [3.05, 3.63) is 29.3 Å². The van der Waals surface area contributed by atoms with E-state index in [-0.39, 0.29) is 12.5 Å². The molecule has 3 aliphatic rings. The minimum atomic E-state index is -1.09. The maximum Gasteiger partial charge on any atom is 0.547 e. The summed E-state index contributed by atoms with van der Waals surface area (Å²) in [6.07, 6.45) is 5.55. The largest absolute Gasteiger partial charge is 0.547 e. The predicted octanol–water partition coefficient (Wildman–Crippen LogP) is 0.472. The lowest BCUT2D eigenvalue weighted by Crippen LogP contribution is -2.53. The first-order valence-corrected chi connectivity index (χ1v) is 10.9. The fourth-order valence-corrected chi connectivity index (χ4v) is 5.03. The summed E-state index contributed by atoms with van der Waals surface area (Å²) in [5.41, 5.74) is 1.57. The minimum Gasteiger partial charge on any atom is -0.534 e. The zero-order valence-corrected chi connectivity index (χ0v) is 17.0. The Morgan fingerprint density at radius 2 is 2.00 bits per heavy atom. The first-order valence-electron chi connectivity index (χ1n) is 10.9. The van der Waals surface area contributed by atoms with Gasteiger partial charge in [0, 0.05) is 44.2 Å². The number of carbonyl (C=O) groups excluding carboxylic acids is 1. The molecule has 0 unspecified atom stereocenters. The molecule has 1 aliphatic carbocycles. The Balaban J connectivity index is 1.26. The van der Waals surface area contributed by atoms with Crippen molar-refractivity contribution < 1.29 is 19.6 Å². The second-order valence-corrected chi connectivity index (χ2v) is 8.61. The maximum atomic E-state index is 12.6. The first-order chi connectivity index (χ1) is 14.1. The van der Waals surface area contributed by atoms with E-state index in [0.29, 0.717) is 36.1 Å². The number of rotatable bonds is 5. The molecule has 1 amide bonds. The topological polar surface area (TPSA) is 94.1 Å². The molecule has 0 bridgehead atoms. The van der Waals surface area contributed by atoms with Gasteiger partial charge in [-0.15, -0.1) is 0 Å². The van der Waals surface area contributed by atoms with Gasteiger partial charge in [0.05, 0.1) is 12.5 Å². The van der Waals surface area contributed by atoms with Crippen LogP contribution in [0.1, 0.15) is 43.2 Å². The van der Waals surface area contributed by atoms with Crippen molar-refractivity contribution in [3.8, 4) is 5.75 Å². The lowest BCUT2D eigenvalue weighted by Gasteiger charge is -2.39. The van der Waals surface area contributed by atoms with E-state index in [2.05, 4.69) is 15.5 Å². The van der Waals surface area contributed by atoms with Crippen molar-refractivity contribution in [1.82, 2.24) is 15.5 Å².